The first-order chi connectivity index (χ1) is 32.8. The Labute approximate surface area is 412 Å². The largest absolute Gasteiger partial charge is 0.462 e. The van der Waals surface area contributed by atoms with E-state index in [1.807, 2.05) is 4.90 Å². The summed E-state index contributed by atoms with van der Waals surface area (Å²) >= 11 is 0. The van der Waals surface area contributed by atoms with E-state index in [0.717, 1.165) is 129 Å². The summed E-state index contributed by atoms with van der Waals surface area (Å²) in [5.41, 5.74) is -0.0210. The predicted octanol–water partition coefficient (Wildman–Crippen LogP) is 13.2. The fourth-order valence-electron chi connectivity index (χ4n) is 8.68. The van der Waals surface area contributed by atoms with Gasteiger partial charge in [0.15, 0.2) is 0 Å². The third-order valence-electron chi connectivity index (χ3n) is 12.9. The van der Waals surface area contributed by atoms with Crippen molar-refractivity contribution < 1.29 is 28.5 Å². The van der Waals surface area contributed by atoms with Crippen LogP contribution in [-0.4, -0.2) is 104 Å². The maximum atomic E-state index is 12.8. The number of carbonyl (C=O) groups is 2. The zero-order valence-corrected chi connectivity index (χ0v) is 44.7. The molecule has 0 atom stereocenters. The maximum Gasteiger partial charge on any atom is 0.306 e. The number of rotatable bonds is 51. The number of hydrogen-bond acceptors (Lipinski definition) is 11. The van der Waals surface area contributed by atoms with Gasteiger partial charge < -0.3 is 38.9 Å². The summed E-state index contributed by atoms with van der Waals surface area (Å²) in [7, 11) is 5.02. The lowest BCUT2D eigenvalue weighted by molar-refractivity contribution is -0.150. The number of unbranched alkanes of at least 4 members (excludes halogenated alkanes) is 25. The lowest BCUT2D eigenvalue weighted by Crippen LogP contribution is -2.45. The topological polar surface area (TPSA) is 124 Å². The van der Waals surface area contributed by atoms with E-state index in [4.69, 9.17) is 18.9 Å². The van der Waals surface area contributed by atoms with Crippen molar-refractivity contribution in [3.8, 4) is 0 Å². The summed E-state index contributed by atoms with van der Waals surface area (Å²) < 4.78 is 21.5. The van der Waals surface area contributed by atoms with Crippen molar-refractivity contribution in [2.75, 3.05) is 90.6 Å². The molecule has 1 aromatic rings. The zero-order chi connectivity index (χ0) is 49.3. The number of nitrogens with zero attached hydrogens (tertiary/aromatic N) is 2. The highest BCUT2D eigenvalue weighted by Crippen LogP contribution is 2.21. The SMILES string of the molecule is CCCCCCCCC(CCCCCCCC)OC(=O)CCCCCCCN(CCCCCCCC=O)CCCNc1c(N(CCOC)CCOC)c(=O)c1=O.CCCCCCCCCOC. The number of ether oxygens (including phenoxy) is 4. The number of carbonyl (C=O) groups excluding carboxylic acids is 2. The summed E-state index contributed by atoms with van der Waals surface area (Å²) in [4.78, 5) is 52.9. The molecule has 1 aromatic carbocycles. The molecule has 11 heteroatoms. The standard InChI is InChI=1S/C46H85N3O7.C10H22O/c1-5-7-9-11-16-22-29-41(30-23-17-12-10-8-6-2)56-42(51)31-24-18-15-20-26-34-48(33-25-19-13-14-21-27-38-50)35-28-32-47-43-44(46(53)45(43)52)49(36-39-54-3)37-40-55-4;1-3-4-5-6-7-8-9-10-11-2/h38,41,47H,5-37,39-40H2,1-4H3;3-10H2,1-2H3. The third-order valence-corrected chi connectivity index (χ3v) is 12.9. The molecule has 0 radical (unpaired) electrons. The summed E-state index contributed by atoms with van der Waals surface area (Å²) in [6, 6.07) is 0. The van der Waals surface area contributed by atoms with Gasteiger partial charge in [0, 0.05) is 60.4 Å². The molecule has 0 aliphatic rings. The number of hydrogen-bond donors (Lipinski definition) is 1. The van der Waals surface area contributed by atoms with E-state index >= 15 is 0 Å². The fraction of sp³-hybridized carbons (Fsp3) is 0.893. The third kappa shape index (κ3) is 38.1. The molecule has 0 amide bonds. The molecule has 0 aliphatic carbocycles. The van der Waals surface area contributed by atoms with Crippen LogP contribution < -0.4 is 21.1 Å². The van der Waals surface area contributed by atoms with Crippen molar-refractivity contribution >= 4 is 23.6 Å². The number of aldehydes is 1. The van der Waals surface area contributed by atoms with Crippen molar-refractivity contribution in [3.05, 3.63) is 20.4 Å². The molecule has 67 heavy (non-hydrogen) atoms. The molecule has 11 nitrogen and oxygen atoms in total. The lowest BCUT2D eigenvalue weighted by atomic mass is 10.0. The molecule has 0 spiro atoms. The second-order valence-electron chi connectivity index (χ2n) is 19.1. The van der Waals surface area contributed by atoms with Crippen molar-refractivity contribution in [1.29, 1.82) is 0 Å². The molecule has 0 saturated carbocycles. The van der Waals surface area contributed by atoms with Crippen LogP contribution in [0.4, 0.5) is 11.4 Å². The Morgan fingerprint density at radius 1 is 0.507 bits per heavy atom. The van der Waals surface area contributed by atoms with E-state index < -0.39 is 10.9 Å². The van der Waals surface area contributed by atoms with Crippen molar-refractivity contribution in [1.82, 2.24) is 4.90 Å². The number of nitrogens with one attached hydrogen (secondary N) is 1. The molecule has 1 N–H and O–H groups in total. The van der Waals surface area contributed by atoms with Gasteiger partial charge in [-0.25, -0.2) is 0 Å². The fourth-order valence-corrected chi connectivity index (χ4v) is 8.68. The van der Waals surface area contributed by atoms with Crippen LogP contribution in [0, 0.1) is 0 Å². The first-order valence-electron chi connectivity index (χ1n) is 28.0. The van der Waals surface area contributed by atoms with Crippen molar-refractivity contribution in [3.63, 3.8) is 0 Å². The molecule has 0 saturated heterocycles. The molecule has 0 aliphatic heterocycles. The highest BCUT2D eigenvalue weighted by Gasteiger charge is 2.25. The summed E-state index contributed by atoms with van der Waals surface area (Å²) in [5, 5.41) is 3.28. The van der Waals surface area contributed by atoms with E-state index in [2.05, 4.69) is 31.0 Å². The first kappa shape index (κ1) is 64.7. The Bertz CT molecular complexity index is 1260. The van der Waals surface area contributed by atoms with E-state index in [1.54, 1.807) is 21.3 Å². The van der Waals surface area contributed by atoms with Gasteiger partial charge in [-0.2, -0.15) is 0 Å². The van der Waals surface area contributed by atoms with E-state index in [-0.39, 0.29) is 12.1 Å². The molecule has 0 fully saturated rings. The Kier molecular flexibility index (Phi) is 48.3. The van der Waals surface area contributed by atoms with Gasteiger partial charge in [-0.15, -0.1) is 0 Å². The number of methoxy groups -OCH3 is 3. The van der Waals surface area contributed by atoms with Crippen LogP contribution >= 0.6 is 0 Å². The van der Waals surface area contributed by atoms with Crippen LogP contribution in [0.5, 0.6) is 0 Å². The van der Waals surface area contributed by atoms with Gasteiger partial charge in [-0.05, 0) is 83.8 Å². The smallest absolute Gasteiger partial charge is 0.306 e. The quantitative estimate of drug-likeness (QED) is 0.0290. The van der Waals surface area contributed by atoms with Crippen molar-refractivity contribution in [2.45, 2.75) is 245 Å². The van der Waals surface area contributed by atoms with Crippen LogP contribution in [0.25, 0.3) is 0 Å². The summed E-state index contributed by atoms with van der Waals surface area (Å²) in [5.74, 6) is -0.00794. The minimum absolute atomic E-state index is 0.00794. The minimum Gasteiger partial charge on any atom is -0.462 e. The zero-order valence-electron chi connectivity index (χ0n) is 44.7. The normalized spacial score (nSPS) is 11.4. The average Bonchev–Trinajstić information content (AvgIpc) is 3.33. The van der Waals surface area contributed by atoms with Crippen LogP contribution in [-0.2, 0) is 28.5 Å². The Morgan fingerprint density at radius 2 is 0.940 bits per heavy atom. The monoisotopic (exact) mass is 950 g/mol. The molecule has 0 aromatic heterocycles. The van der Waals surface area contributed by atoms with Crippen molar-refractivity contribution in [2.24, 2.45) is 0 Å². The van der Waals surface area contributed by atoms with Gasteiger partial charge in [0.05, 0.1) is 13.2 Å². The van der Waals surface area contributed by atoms with Crippen LogP contribution in [0.2, 0.25) is 0 Å². The molecular weight excluding hydrogens is 843 g/mol. The molecule has 0 unspecified atom stereocenters. The predicted molar refractivity (Wildman–Crippen MR) is 284 cm³/mol. The number of esters is 1. The van der Waals surface area contributed by atoms with Gasteiger partial charge in [-0.1, -0.05) is 162 Å². The van der Waals surface area contributed by atoms with Crippen LogP contribution in [0.3, 0.4) is 0 Å². The second-order valence-corrected chi connectivity index (χ2v) is 19.1. The van der Waals surface area contributed by atoms with Gasteiger partial charge in [0.25, 0.3) is 10.9 Å². The highest BCUT2D eigenvalue weighted by atomic mass is 16.5. The Balaban J connectivity index is 0.00000348. The maximum absolute atomic E-state index is 12.8. The van der Waals surface area contributed by atoms with Gasteiger partial charge in [-0.3, -0.25) is 14.4 Å². The average molecular weight is 950 g/mol. The van der Waals surface area contributed by atoms with E-state index in [0.29, 0.717) is 57.1 Å². The Hall–Kier alpha value is -2.34. The molecule has 394 valence electrons. The molecule has 1 rings (SSSR count). The number of anilines is 2. The minimum atomic E-state index is -0.444. The summed E-state index contributed by atoms with van der Waals surface area (Å²) in [6.07, 6.45) is 40.8. The second kappa shape index (κ2) is 50.1. The van der Waals surface area contributed by atoms with Crippen LogP contribution in [0.1, 0.15) is 239 Å². The van der Waals surface area contributed by atoms with Crippen LogP contribution in [0.15, 0.2) is 9.59 Å². The Morgan fingerprint density at radius 3 is 1.43 bits per heavy atom. The lowest BCUT2D eigenvalue weighted by Gasteiger charge is -2.27. The molecular formula is C56H107N3O8. The first-order valence-corrected chi connectivity index (χ1v) is 28.0. The van der Waals surface area contributed by atoms with Gasteiger partial charge in [0.2, 0.25) is 0 Å². The van der Waals surface area contributed by atoms with Gasteiger partial charge in [0.1, 0.15) is 23.8 Å². The van der Waals surface area contributed by atoms with E-state index in [1.165, 1.54) is 109 Å². The summed E-state index contributed by atoms with van der Waals surface area (Å²) in [6.45, 7) is 13.3. The molecule has 0 bridgehead atoms. The van der Waals surface area contributed by atoms with Gasteiger partial charge >= 0.3 is 5.97 Å². The van der Waals surface area contributed by atoms with E-state index in [9.17, 15) is 19.2 Å². The highest BCUT2D eigenvalue weighted by molar-refractivity contribution is 5.75. The molecule has 0 heterocycles.